The largest absolute Gasteiger partial charge is 0.492 e. The zero-order valence-corrected chi connectivity index (χ0v) is 11.1. The molecule has 0 fully saturated rings. The lowest BCUT2D eigenvalue weighted by atomic mass is 10.1. The van der Waals surface area contributed by atoms with E-state index in [1.807, 2.05) is 13.8 Å². The van der Waals surface area contributed by atoms with Gasteiger partial charge in [0.1, 0.15) is 5.75 Å². The normalized spacial score (nSPS) is 9.94. The van der Waals surface area contributed by atoms with E-state index in [1.165, 1.54) is 6.92 Å². The van der Waals surface area contributed by atoms with Crippen molar-refractivity contribution in [3.63, 3.8) is 0 Å². The molecule has 0 aliphatic carbocycles. The predicted octanol–water partition coefficient (Wildman–Crippen LogP) is 3.03. The van der Waals surface area contributed by atoms with Gasteiger partial charge in [-0.25, -0.2) is 0 Å². The van der Waals surface area contributed by atoms with Crippen molar-refractivity contribution in [3.05, 3.63) is 23.8 Å². The quantitative estimate of drug-likeness (QED) is 0.788. The Kier molecular flexibility index (Phi) is 5.36. The molecule has 0 aliphatic rings. The van der Waals surface area contributed by atoms with Gasteiger partial charge in [-0.2, -0.15) is 0 Å². The summed E-state index contributed by atoms with van der Waals surface area (Å²) in [6.07, 6.45) is 1.23. The Bertz CT molecular complexity index is 441. The van der Waals surface area contributed by atoms with Gasteiger partial charge in [0.15, 0.2) is 5.78 Å². The monoisotopic (exact) mass is 249 g/mol. The summed E-state index contributed by atoms with van der Waals surface area (Å²) in [4.78, 5) is 22.9. The number of amides is 1. The van der Waals surface area contributed by atoms with Crippen LogP contribution in [0.15, 0.2) is 18.2 Å². The molecular weight excluding hydrogens is 230 g/mol. The Morgan fingerprint density at radius 1 is 1.28 bits per heavy atom. The maximum absolute atomic E-state index is 11.6. The van der Waals surface area contributed by atoms with Crippen molar-refractivity contribution in [3.8, 4) is 5.75 Å². The van der Waals surface area contributed by atoms with Crippen LogP contribution < -0.4 is 10.1 Å². The first kappa shape index (κ1) is 14.2. The van der Waals surface area contributed by atoms with Crippen molar-refractivity contribution in [2.45, 2.75) is 33.6 Å². The van der Waals surface area contributed by atoms with E-state index in [1.54, 1.807) is 18.2 Å². The Morgan fingerprint density at radius 3 is 2.56 bits per heavy atom. The zero-order chi connectivity index (χ0) is 13.5. The molecule has 18 heavy (non-hydrogen) atoms. The maximum Gasteiger partial charge on any atom is 0.224 e. The fraction of sp³-hybridized carbons (Fsp3) is 0.429. The van der Waals surface area contributed by atoms with E-state index in [0.717, 1.165) is 6.42 Å². The summed E-state index contributed by atoms with van der Waals surface area (Å²) in [5, 5.41) is 2.78. The van der Waals surface area contributed by atoms with E-state index in [-0.39, 0.29) is 11.7 Å². The number of benzene rings is 1. The van der Waals surface area contributed by atoms with Crippen molar-refractivity contribution in [2.24, 2.45) is 0 Å². The van der Waals surface area contributed by atoms with Crippen molar-refractivity contribution >= 4 is 17.4 Å². The fourth-order valence-electron chi connectivity index (χ4n) is 1.57. The third kappa shape index (κ3) is 3.87. The Balaban J connectivity index is 2.99. The van der Waals surface area contributed by atoms with Crippen LogP contribution in [0.3, 0.4) is 0 Å². The lowest BCUT2D eigenvalue weighted by Gasteiger charge is -2.12. The van der Waals surface area contributed by atoms with E-state index in [9.17, 15) is 9.59 Å². The number of ketones is 1. The molecule has 4 nitrogen and oxygen atoms in total. The molecule has 1 rings (SSSR count). The zero-order valence-electron chi connectivity index (χ0n) is 11.1. The number of rotatable bonds is 6. The number of carbonyl (C=O) groups excluding carboxylic acids is 2. The highest BCUT2D eigenvalue weighted by Gasteiger charge is 2.10. The first-order valence-electron chi connectivity index (χ1n) is 6.16. The summed E-state index contributed by atoms with van der Waals surface area (Å²) in [6.45, 7) is 5.81. The molecule has 0 radical (unpaired) electrons. The molecule has 0 atom stereocenters. The van der Waals surface area contributed by atoms with Gasteiger partial charge in [-0.3, -0.25) is 9.59 Å². The Morgan fingerprint density at radius 2 is 2.00 bits per heavy atom. The summed E-state index contributed by atoms with van der Waals surface area (Å²) >= 11 is 0. The van der Waals surface area contributed by atoms with Crippen LogP contribution in [0.2, 0.25) is 0 Å². The SMILES string of the molecule is CCCC(=O)Nc1cc(C(C)=O)ccc1OCC. The van der Waals surface area contributed by atoms with Gasteiger partial charge in [0.25, 0.3) is 0 Å². The van der Waals surface area contributed by atoms with Crippen LogP contribution in [0.1, 0.15) is 44.0 Å². The Hall–Kier alpha value is -1.84. The second kappa shape index (κ2) is 6.79. The highest BCUT2D eigenvalue weighted by atomic mass is 16.5. The van der Waals surface area contributed by atoms with Crippen molar-refractivity contribution in [1.82, 2.24) is 0 Å². The lowest BCUT2D eigenvalue weighted by Crippen LogP contribution is -2.12. The number of anilines is 1. The first-order valence-corrected chi connectivity index (χ1v) is 6.16. The summed E-state index contributed by atoms with van der Waals surface area (Å²) in [5.74, 6) is 0.482. The van der Waals surface area contributed by atoms with Crippen molar-refractivity contribution in [2.75, 3.05) is 11.9 Å². The molecule has 1 aromatic rings. The standard InChI is InChI=1S/C14H19NO3/c1-4-6-14(17)15-12-9-11(10(3)16)7-8-13(12)18-5-2/h7-9H,4-6H2,1-3H3,(H,15,17). The summed E-state index contributed by atoms with van der Waals surface area (Å²) in [5.41, 5.74) is 1.12. The van der Waals surface area contributed by atoms with Crippen LogP contribution in [0.25, 0.3) is 0 Å². The molecule has 0 aromatic heterocycles. The molecule has 0 saturated carbocycles. The average molecular weight is 249 g/mol. The minimum absolute atomic E-state index is 0.0379. The summed E-state index contributed by atoms with van der Waals surface area (Å²) in [7, 11) is 0. The van der Waals surface area contributed by atoms with Crippen LogP contribution >= 0.6 is 0 Å². The molecule has 1 amide bonds. The highest BCUT2D eigenvalue weighted by Crippen LogP contribution is 2.26. The van der Waals surface area contributed by atoms with Gasteiger partial charge < -0.3 is 10.1 Å². The van der Waals surface area contributed by atoms with Crippen LogP contribution in [-0.4, -0.2) is 18.3 Å². The fourth-order valence-corrected chi connectivity index (χ4v) is 1.57. The van der Waals surface area contributed by atoms with Crippen molar-refractivity contribution < 1.29 is 14.3 Å². The minimum atomic E-state index is -0.0702. The van der Waals surface area contributed by atoms with Gasteiger partial charge in [-0.05, 0) is 38.5 Å². The molecule has 0 aliphatic heterocycles. The van der Waals surface area contributed by atoms with Gasteiger partial charge in [0.05, 0.1) is 12.3 Å². The number of hydrogen-bond donors (Lipinski definition) is 1. The van der Waals surface area contributed by atoms with E-state index >= 15 is 0 Å². The molecule has 4 heteroatoms. The third-order valence-corrected chi connectivity index (χ3v) is 2.44. The molecule has 0 unspecified atom stereocenters. The van der Waals surface area contributed by atoms with Gasteiger partial charge in [0, 0.05) is 12.0 Å². The van der Waals surface area contributed by atoms with Crippen LogP contribution in [-0.2, 0) is 4.79 Å². The van der Waals surface area contributed by atoms with E-state index in [0.29, 0.717) is 30.0 Å². The van der Waals surface area contributed by atoms with E-state index < -0.39 is 0 Å². The van der Waals surface area contributed by atoms with Crippen LogP contribution in [0.4, 0.5) is 5.69 Å². The molecule has 0 saturated heterocycles. The highest BCUT2D eigenvalue weighted by molar-refractivity contribution is 5.98. The molecule has 1 N–H and O–H groups in total. The minimum Gasteiger partial charge on any atom is -0.492 e. The first-order chi connectivity index (χ1) is 8.58. The molecule has 98 valence electrons. The number of carbonyl (C=O) groups is 2. The van der Waals surface area contributed by atoms with Gasteiger partial charge >= 0.3 is 0 Å². The lowest BCUT2D eigenvalue weighted by molar-refractivity contribution is -0.116. The number of Topliss-reactive ketones (excluding diaryl/α,β-unsaturated/α-hetero) is 1. The average Bonchev–Trinajstić information content (AvgIpc) is 2.31. The van der Waals surface area contributed by atoms with Gasteiger partial charge in [0.2, 0.25) is 5.91 Å². The van der Waals surface area contributed by atoms with Crippen LogP contribution in [0, 0.1) is 0 Å². The van der Waals surface area contributed by atoms with Gasteiger partial charge in [-0.1, -0.05) is 6.92 Å². The van der Waals surface area contributed by atoms with E-state index in [2.05, 4.69) is 5.32 Å². The molecule has 1 aromatic carbocycles. The second-order valence-corrected chi connectivity index (χ2v) is 4.00. The molecular formula is C14H19NO3. The predicted molar refractivity (Wildman–Crippen MR) is 71.2 cm³/mol. The molecule has 0 bridgehead atoms. The summed E-state index contributed by atoms with van der Waals surface area (Å²) in [6, 6.07) is 5.06. The smallest absolute Gasteiger partial charge is 0.224 e. The van der Waals surface area contributed by atoms with E-state index in [4.69, 9.17) is 4.74 Å². The summed E-state index contributed by atoms with van der Waals surface area (Å²) < 4.78 is 5.42. The molecule has 0 spiro atoms. The van der Waals surface area contributed by atoms with Gasteiger partial charge in [-0.15, -0.1) is 0 Å². The third-order valence-electron chi connectivity index (χ3n) is 2.44. The number of ether oxygens (including phenoxy) is 1. The van der Waals surface area contributed by atoms with Crippen molar-refractivity contribution in [1.29, 1.82) is 0 Å². The molecule has 0 heterocycles. The second-order valence-electron chi connectivity index (χ2n) is 4.00. The van der Waals surface area contributed by atoms with Crippen LogP contribution in [0.5, 0.6) is 5.75 Å². The maximum atomic E-state index is 11.6. The topological polar surface area (TPSA) is 55.4 Å². The Labute approximate surface area is 107 Å². The number of nitrogens with one attached hydrogen (secondary N) is 1. The number of hydrogen-bond acceptors (Lipinski definition) is 3.